The number of aromatic nitrogens is 3. The van der Waals surface area contributed by atoms with Gasteiger partial charge in [-0.25, -0.2) is 9.37 Å². The number of pyridine rings is 1. The molecule has 0 fully saturated rings. The Labute approximate surface area is 109 Å². The Hall–Kier alpha value is -2.27. The maximum atomic E-state index is 13.1. The van der Waals surface area contributed by atoms with Gasteiger partial charge in [0, 0.05) is 11.8 Å². The first kappa shape index (κ1) is 11.8. The predicted molar refractivity (Wildman–Crippen MR) is 68.9 cm³/mol. The minimum Gasteiger partial charge on any atom is -0.386 e. The monoisotopic (exact) mass is 257 g/mol. The molecule has 19 heavy (non-hydrogen) atoms. The van der Waals surface area contributed by atoms with E-state index in [0.29, 0.717) is 12.1 Å². The van der Waals surface area contributed by atoms with Crippen molar-refractivity contribution in [1.82, 2.24) is 14.5 Å². The number of aliphatic hydroxyl groups is 1. The van der Waals surface area contributed by atoms with Crippen LogP contribution in [0.4, 0.5) is 4.39 Å². The average molecular weight is 257 g/mol. The van der Waals surface area contributed by atoms with E-state index < -0.39 is 11.9 Å². The summed E-state index contributed by atoms with van der Waals surface area (Å²) in [4.78, 5) is 7.98. The molecule has 1 aromatic carbocycles. The molecule has 2 aromatic heterocycles. The summed E-state index contributed by atoms with van der Waals surface area (Å²) in [5.74, 6) is -0.452. The van der Waals surface area contributed by atoms with Crippen LogP contribution in [0.1, 0.15) is 11.7 Å². The molecule has 1 unspecified atom stereocenters. The van der Waals surface area contributed by atoms with Crippen molar-refractivity contribution >= 4 is 11.0 Å². The van der Waals surface area contributed by atoms with E-state index in [-0.39, 0.29) is 0 Å². The number of para-hydroxylation sites is 2. The summed E-state index contributed by atoms with van der Waals surface area (Å²) >= 11 is 0. The number of halogens is 1. The molecular weight excluding hydrogens is 245 g/mol. The van der Waals surface area contributed by atoms with Gasteiger partial charge in [-0.2, -0.15) is 0 Å². The second-order valence-corrected chi connectivity index (χ2v) is 4.34. The Morgan fingerprint density at radius 3 is 2.95 bits per heavy atom. The molecule has 0 aliphatic rings. The van der Waals surface area contributed by atoms with Gasteiger partial charge in [0.15, 0.2) is 0 Å². The van der Waals surface area contributed by atoms with Crippen LogP contribution in [0.2, 0.25) is 0 Å². The highest BCUT2D eigenvalue weighted by atomic mass is 19.1. The quantitative estimate of drug-likeness (QED) is 0.783. The number of fused-ring (bicyclic) bond motifs is 1. The lowest BCUT2D eigenvalue weighted by Gasteiger charge is -2.12. The average Bonchev–Trinajstić information content (AvgIpc) is 2.82. The van der Waals surface area contributed by atoms with Gasteiger partial charge in [0.05, 0.1) is 36.2 Å². The Bertz CT molecular complexity index is 710. The van der Waals surface area contributed by atoms with Gasteiger partial charge in [-0.1, -0.05) is 12.1 Å². The van der Waals surface area contributed by atoms with Crippen LogP contribution in [0.25, 0.3) is 11.0 Å². The van der Waals surface area contributed by atoms with Gasteiger partial charge in [-0.15, -0.1) is 0 Å². The number of rotatable bonds is 3. The summed E-state index contributed by atoms with van der Waals surface area (Å²) < 4.78 is 14.9. The molecule has 2 heterocycles. The van der Waals surface area contributed by atoms with Crippen molar-refractivity contribution < 1.29 is 9.50 Å². The summed E-state index contributed by atoms with van der Waals surface area (Å²) in [7, 11) is 0. The van der Waals surface area contributed by atoms with Crippen molar-refractivity contribution in [3.05, 3.63) is 60.4 Å². The zero-order valence-corrected chi connectivity index (χ0v) is 10.1. The molecule has 0 saturated carbocycles. The highest BCUT2D eigenvalue weighted by molar-refractivity contribution is 5.74. The van der Waals surface area contributed by atoms with Crippen molar-refractivity contribution in [2.24, 2.45) is 0 Å². The van der Waals surface area contributed by atoms with Crippen LogP contribution in [0.15, 0.2) is 49.1 Å². The van der Waals surface area contributed by atoms with E-state index in [2.05, 4.69) is 9.97 Å². The fourth-order valence-corrected chi connectivity index (χ4v) is 2.06. The first-order chi connectivity index (χ1) is 9.24. The number of hydrogen-bond acceptors (Lipinski definition) is 3. The Morgan fingerprint density at radius 2 is 2.11 bits per heavy atom. The fraction of sp³-hybridized carbons (Fsp3) is 0.143. The molecule has 0 bridgehead atoms. The minimum atomic E-state index is -0.819. The zero-order valence-electron chi connectivity index (χ0n) is 10.1. The maximum absolute atomic E-state index is 13.1. The SMILES string of the molecule is OC(Cn1cnc2ccccc21)c1cncc(F)c1. The normalized spacial score (nSPS) is 12.7. The van der Waals surface area contributed by atoms with Gasteiger partial charge in [0.1, 0.15) is 5.82 Å². The van der Waals surface area contributed by atoms with E-state index in [4.69, 9.17) is 0 Å². The van der Waals surface area contributed by atoms with Gasteiger partial charge in [0.25, 0.3) is 0 Å². The maximum Gasteiger partial charge on any atom is 0.141 e. The van der Waals surface area contributed by atoms with Gasteiger partial charge in [0.2, 0.25) is 0 Å². The Balaban J connectivity index is 1.89. The number of imidazole rings is 1. The first-order valence-corrected chi connectivity index (χ1v) is 5.92. The summed E-state index contributed by atoms with van der Waals surface area (Å²) in [6.07, 6.45) is 3.43. The van der Waals surface area contributed by atoms with Gasteiger partial charge in [-0.05, 0) is 18.2 Å². The highest BCUT2D eigenvalue weighted by Gasteiger charge is 2.11. The van der Waals surface area contributed by atoms with Crippen LogP contribution < -0.4 is 0 Å². The lowest BCUT2D eigenvalue weighted by atomic mass is 10.1. The van der Waals surface area contributed by atoms with Gasteiger partial charge >= 0.3 is 0 Å². The molecule has 1 atom stereocenters. The molecule has 3 rings (SSSR count). The zero-order chi connectivity index (χ0) is 13.2. The number of nitrogens with zero attached hydrogens (tertiary/aromatic N) is 3. The van der Waals surface area contributed by atoms with E-state index in [1.165, 1.54) is 12.3 Å². The van der Waals surface area contributed by atoms with Gasteiger partial charge < -0.3 is 9.67 Å². The molecule has 1 N–H and O–H groups in total. The van der Waals surface area contributed by atoms with Crippen molar-refractivity contribution in [3.63, 3.8) is 0 Å². The van der Waals surface area contributed by atoms with Gasteiger partial charge in [-0.3, -0.25) is 4.98 Å². The second-order valence-electron chi connectivity index (χ2n) is 4.34. The van der Waals surface area contributed by atoms with E-state index >= 15 is 0 Å². The predicted octanol–water partition coefficient (Wildman–Crippen LogP) is 2.30. The highest BCUT2D eigenvalue weighted by Crippen LogP contribution is 2.18. The summed E-state index contributed by atoms with van der Waals surface area (Å²) in [5.41, 5.74) is 2.26. The molecule has 0 radical (unpaired) electrons. The van der Waals surface area contributed by atoms with Crippen molar-refractivity contribution in [3.8, 4) is 0 Å². The van der Waals surface area contributed by atoms with Crippen LogP contribution in [0, 0.1) is 5.82 Å². The van der Waals surface area contributed by atoms with E-state index in [1.54, 1.807) is 6.33 Å². The van der Waals surface area contributed by atoms with Crippen molar-refractivity contribution in [2.75, 3.05) is 0 Å². The lowest BCUT2D eigenvalue weighted by molar-refractivity contribution is 0.157. The number of benzene rings is 1. The molecule has 5 heteroatoms. The summed E-state index contributed by atoms with van der Waals surface area (Å²) in [5, 5.41) is 10.1. The van der Waals surface area contributed by atoms with Crippen LogP contribution >= 0.6 is 0 Å². The summed E-state index contributed by atoms with van der Waals surface area (Å²) in [6, 6.07) is 8.95. The smallest absolute Gasteiger partial charge is 0.141 e. The molecular formula is C14H12FN3O. The molecule has 0 amide bonds. The molecule has 4 nitrogen and oxygen atoms in total. The van der Waals surface area contributed by atoms with Crippen molar-refractivity contribution in [2.45, 2.75) is 12.6 Å². The lowest BCUT2D eigenvalue weighted by Crippen LogP contribution is -2.08. The van der Waals surface area contributed by atoms with Crippen LogP contribution in [0.3, 0.4) is 0 Å². The molecule has 0 aliphatic heterocycles. The number of aliphatic hydroxyl groups excluding tert-OH is 1. The Morgan fingerprint density at radius 1 is 1.26 bits per heavy atom. The Kier molecular flexibility index (Phi) is 2.97. The third-order valence-electron chi connectivity index (χ3n) is 3.01. The molecule has 0 saturated heterocycles. The van der Waals surface area contributed by atoms with Crippen LogP contribution in [-0.4, -0.2) is 19.6 Å². The molecule has 3 aromatic rings. The largest absolute Gasteiger partial charge is 0.386 e. The minimum absolute atomic E-state index is 0.311. The first-order valence-electron chi connectivity index (χ1n) is 5.92. The molecule has 0 aliphatic carbocycles. The third-order valence-corrected chi connectivity index (χ3v) is 3.01. The topological polar surface area (TPSA) is 50.9 Å². The van der Waals surface area contributed by atoms with E-state index in [0.717, 1.165) is 17.2 Å². The number of hydrogen-bond donors (Lipinski definition) is 1. The third kappa shape index (κ3) is 2.32. The molecule has 0 spiro atoms. The van der Waals surface area contributed by atoms with Crippen LogP contribution in [-0.2, 0) is 6.54 Å². The van der Waals surface area contributed by atoms with E-state index in [9.17, 15) is 9.50 Å². The molecule has 96 valence electrons. The fourth-order valence-electron chi connectivity index (χ4n) is 2.06. The standard InChI is InChI=1S/C14H12FN3O/c15-11-5-10(6-16-7-11)14(19)8-18-9-17-12-3-1-2-4-13(12)18/h1-7,9,14,19H,8H2. The van der Waals surface area contributed by atoms with Crippen molar-refractivity contribution in [1.29, 1.82) is 0 Å². The van der Waals surface area contributed by atoms with Crippen LogP contribution in [0.5, 0.6) is 0 Å². The summed E-state index contributed by atoms with van der Waals surface area (Å²) in [6.45, 7) is 0.311. The second kappa shape index (κ2) is 4.78. The van der Waals surface area contributed by atoms with E-state index in [1.807, 2.05) is 28.8 Å².